The molecule has 0 saturated heterocycles. The van der Waals surface area contributed by atoms with Crippen molar-refractivity contribution in [2.24, 2.45) is 0 Å². The molecule has 0 saturated carbocycles. The summed E-state index contributed by atoms with van der Waals surface area (Å²) in [5.74, 6) is 0.638. The minimum atomic E-state index is -0.380. The van der Waals surface area contributed by atoms with Gasteiger partial charge in [0, 0.05) is 16.5 Å². The van der Waals surface area contributed by atoms with Crippen molar-refractivity contribution in [3.05, 3.63) is 83.4 Å². The molecule has 0 unspecified atom stereocenters. The van der Waals surface area contributed by atoms with Crippen LogP contribution in [0.3, 0.4) is 0 Å². The number of aromatic nitrogens is 1. The maximum Gasteiger partial charge on any atom is 0.343 e. The zero-order chi connectivity index (χ0) is 17.2. The van der Waals surface area contributed by atoms with Gasteiger partial charge in [-0.1, -0.05) is 48.5 Å². The molecule has 0 aliphatic carbocycles. The molecular weight excluding hydrogens is 314 g/mol. The van der Waals surface area contributed by atoms with Crippen LogP contribution in [0.5, 0.6) is 5.88 Å². The zero-order valence-corrected chi connectivity index (χ0v) is 13.6. The third kappa shape index (κ3) is 2.90. The third-order valence-electron chi connectivity index (χ3n) is 4.00. The number of ether oxygens (including phenoxy) is 2. The van der Waals surface area contributed by atoms with Crippen LogP contribution in [0.1, 0.15) is 11.1 Å². The van der Waals surface area contributed by atoms with Gasteiger partial charge in [-0.3, -0.25) is 0 Å². The van der Waals surface area contributed by atoms with Gasteiger partial charge >= 0.3 is 5.97 Å². The number of para-hydroxylation sites is 1. The first-order valence-corrected chi connectivity index (χ1v) is 7.89. The molecule has 3 aromatic rings. The molecule has 25 heavy (non-hydrogen) atoms. The second kappa shape index (κ2) is 6.24. The fraction of sp³-hybridized carbons (Fsp3) is 0.0476. The Morgan fingerprint density at radius 1 is 1.04 bits per heavy atom. The number of benzene rings is 2. The quantitative estimate of drug-likeness (QED) is 0.533. The number of nitrogens with zero attached hydrogens (tertiary/aromatic N) is 1. The first-order chi connectivity index (χ1) is 12.2. The van der Waals surface area contributed by atoms with E-state index in [1.807, 2.05) is 60.7 Å². The van der Waals surface area contributed by atoms with Gasteiger partial charge in [0.05, 0.1) is 18.2 Å². The van der Waals surface area contributed by atoms with Crippen molar-refractivity contribution < 1.29 is 14.3 Å². The number of cyclic esters (lactones) is 1. The van der Waals surface area contributed by atoms with Gasteiger partial charge in [0.2, 0.25) is 5.88 Å². The molecule has 122 valence electrons. The molecule has 0 spiro atoms. The standard InChI is InChI=1S/C21H15NO3/c1-24-20-16(11-15-9-5-6-10-18(15)22-20)12-17-13-19(25-21(17)23)14-7-3-2-4-8-14/h2-13H,1H3/b17-12-. The lowest BCUT2D eigenvalue weighted by Crippen LogP contribution is -1.98. The summed E-state index contributed by atoms with van der Waals surface area (Å²) in [6, 6.07) is 19.3. The first-order valence-electron chi connectivity index (χ1n) is 7.89. The molecule has 0 N–H and O–H groups in total. The van der Waals surface area contributed by atoms with E-state index in [0.717, 1.165) is 22.0 Å². The minimum Gasteiger partial charge on any atom is -0.481 e. The number of carbonyl (C=O) groups is 1. The molecule has 0 atom stereocenters. The van der Waals surface area contributed by atoms with Gasteiger partial charge < -0.3 is 9.47 Å². The molecule has 1 aromatic heterocycles. The molecule has 0 fully saturated rings. The SMILES string of the molecule is COc1nc2ccccc2cc1/C=C1/C=C(c2ccccc2)OC1=O. The molecule has 0 bridgehead atoms. The molecule has 0 radical (unpaired) electrons. The van der Waals surface area contributed by atoms with Gasteiger partial charge in [0.1, 0.15) is 5.76 Å². The Kier molecular flexibility index (Phi) is 3.78. The average molecular weight is 329 g/mol. The second-order valence-corrected chi connectivity index (χ2v) is 5.64. The Hall–Kier alpha value is -3.40. The summed E-state index contributed by atoms with van der Waals surface area (Å²) in [5.41, 5.74) is 2.91. The third-order valence-corrected chi connectivity index (χ3v) is 4.00. The lowest BCUT2D eigenvalue weighted by atomic mass is 10.1. The minimum absolute atomic E-state index is 0.380. The fourth-order valence-electron chi connectivity index (χ4n) is 2.78. The number of methoxy groups -OCH3 is 1. The maximum atomic E-state index is 12.2. The van der Waals surface area contributed by atoms with E-state index < -0.39 is 0 Å². The highest BCUT2D eigenvalue weighted by molar-refractivity contribution is 6.05. The van der Waals surface area contributed by atoms with E-state index in [-0.39, 0.29) is 5.97 Å². The van der Waals surface area contributed by atoms with E-state index in [9.17, 15) is 4.79 Å². The number of esters is 1. The maximum absolute atomic E-state index is 12.2. The van der Waals surface area contributed by atoms with E-state index >= 15 is 0 Å². The van der Waals surface area contributed by atoms with Crippen molar-refractivity contribution >= 4 is 28.7 Å². The normalized spacial score (nSPS) is 15.3. The molecule has 4 heteroatoms. The van der Waals surface area contributed by atoms with Gasteiger partial charge in [-0.25, -0.2) is 9.78 Å². The van der Waals surface area contributed by atoms with Gasteiger partial charge in [0.25, 0.3) is 0 Å². The number of rotatable bonds is 3. The van der Waals surface area contributed by atoms with Crippen LogP contribution in [0.4, 0.5) is 0 Å². The Morgan fingerprint density at radius 3 is 2.60 bits per heavy atom. The average Bonchev–Trinajstić information content (AvgIpc) is 3.02. The molecular formula is C21H15NO3. The molecule has 4 nitrogen and oxygen atoms in total. The lowest BCUT2D eigenvalue weighted by molar-refractivity contribution is -0.130. The van der Waals surface area contributed by atoms with Gasteiger partial charge in [0.15, 0.2) is 0 Å². The Bertz CT molecular complexity index is 1020. The molecule has 2 aromatic carbocycles. The lowest BCUT2D eigenvalue weighted by Gasteiger charge is -2.06. The van der Waals surface area contributed by atoms with Crippen LogP contribution in [-0.2, 0) is 9.53 Å². The number of carbonyl (C=O) groups excluding carboxylic acids is 1. The summed E-state index contributed by atoms with van der Waals surface area (Å²) in [6.45, 7) is 0. The summed E-state index contributed by atoms with van der Waals surface area (Å²) >= 11 is 0. The predicted molar refractivity (Wildman–Crippen MR) is 96.8 cm³/mol. The smallest absolute Gasteiger partial charge is 0.343 e. The van der Waals surface area contributed by atoms with E-state index in [2.05, 4.69) is 4.98 Å². The highest BCUT2D eigenvalue weighted by Crippen LogP contribution is 2.30. The molecule has 4 rings (SSSR count). The number of hydrogen-bond donors (Lipinski definition) is 0. The van der Waals surface area contributed by atoms with Gasteiger partial charge in [-0.2, -0.15) is 0 Å². The topological polar surface area (TPSA) is 48.4 Å². The van der Waals surface area contributed by atoms with Crippen LogP contribution in [0.15, 0.2) is 72.3 Å². The van der Waals surface area contributed by atoms with E-state index in [1.165, 1.54) is 0 Å². The largest absolute Gasteiger partial charge is 0.481 e. The Balaban J connectivity index is 1.78. The summed E-state index contributed by atoms with van der Waals surface area (Å²) in [7, 11) is 1.57. The van der Waals surface area contributed by atoms with E-state index in [0.29, 0.717) is 17.2 Å². The summed E-state index contributed by atoms with van der Waals surface area (Å²) in [4.78, 5) is 16.7. The fourth-order valence-corrected chi connectivity index (χ4v) is 2.78. The van der Waals surface area contributed by atoms with Crippen molar-refractivity contribution in [1.82, 2.24) is 4.98 Å². The van der Waals surface area contributed by atoms with Crippen molar-refractivity contribution in [1.29, 1.82) is 0 Å². The highest BCUT2D eigenvalue weighted by Gasteiger charge is 2.22. The van der Waals surface area contributed by atoms with Crippen molar-refractivity contribution in [3.8, 4) is 5.88 Å². The van der Waals surface area contributed by atoms with E-state index in [1.54, 1.807) is 19.3 Å². The van der Waals surface area contributed by atoms with Crippen molar-refractivity contribution in [3.63, 3.8) is 0 Å². The van der Waals surface area contributed by atoms with Crippen LogP contribution < -0.4 is 4.74 Å². The van der Waals surface area contributed by atoms with Crippen LogP contribution >= 0.6 is 0 Å². The summed E-state index contributed by atoms with van der Waals surface area (Å²) < 4.78 is 10.8. The number of pyridine rings is 1. The summed E-state index contributed by atoms with van der Waals surface area (Å²) in [5, 5.41) is 0.980. The predicted octanol–water partition coefficient (Wildman–Crippen LogP) is 4.22. The van der Waals surface area contributed by atoms with Crippen LogP contribution in [0, 0.1) is 0 Å². The highest BCUT2D eigenvalue weighted by atomic mass is 16.5. The molecule has 0 amide bonds. The van der Waals surface area contributed by atoms with Gasteiger partial charge in [-0.15, -0.1) is 0 Å². The number of fused-ring (bicyclic) bond motifs is 1. The summed E-state index contributed by atoms with van der Waals surface area (Å²) in [6.07, 6.45) is 3.49. The van der Waals surface area contributed by atoms with E-state index in [4.69, 9.17) is 9.47 Å². The van der Waals surface area contributed by atoms with Crippen molar-refractivity contribution in [2.75, 3.05) is 7.11 Å². The van der Waals surface area contributed by atoms with Gasteiger partial charge in [-0.05, 0) is 24.3 Å². The molecule has 1 aliphatic rings. The first kappa shape index (κ1) is 15.1. The zero-order valence-electron chi connectivity index (χ0n) is 13.6. The van der Waals surface area contributed by atoms with Crippen LogP contribution in [-0.4, -0.2) is 18.1 Å². The monoisotopic (exact) mass is 329 g/mol. The van der Waals surface area contributed by atoms with Crippen LogP contribution in [0.25, 0.3) is 22.7 Å². The van der Waals surface area contributed by atoms with Crippen molar-refractivity contribution in [2.45, 2.75) is 0 Å². The Morgan fingerprint density at radius 2 is 1.80 bits per heavy atom. The second-order valence-electron chi connectivity index (χ2n) is 5.64. The van der Waals surface area contributed by atoms with Crippen LogP contribution in [0.2, 0.25) is 0 Å². The molecule has 1 aliphatic heterocycles. The molecule has 2 heterocycles. The Labute approximate surface area is 145 Å². The number of hydrogen-bond acceptors (Lipinski definition) is 4.